The van der Waals surface area contributed by atoms with Gasteiger partial charge in [0, 0.05) is 17.7 Å². The van der Waals surface area contributed by atoms with Gasteiger partial charge in [-0.15, -0.1) is 0 Å². The van der Waals surface area contributed by atoms with E-state index < -0.39 is 10.0 Å². The van der Waals surface area contributed by atoms with E-state index in [1.807, 2.05) is 32.0 Å². The van der Waals surface area contributed by atoms with E-state index in [0.717, 1.165) is 16.8 Å². The average Bonchev–Trinajstić information content (AvgIpc) is 2.94. The number of aryl methyl sites for hydroxylation is 2. The highest BCUT2D eigenvalue weighted by molar-refractivity contribution is 7.90. The lowest BCUT2D eigenvalue weighted by Gasteiger charge is -2.11. The molecule has 0 saturated heterocycles. The molecule has 0 spiro atoms. The normalized spacial score (nSPS) is 15.4. The molecule has 152 valence electrons. The summed E-state index contributed by atoms with van der Waals surface area (Å²) in [7, 11) is -3.60. The minimum Gasteiger partial charge on any atom is -0.347 e. The Morgan fingerprint density at radius 3 is 2.41 bits per heavy atom. The quantitative estimate of drug-likeness (QED) is 0.664. The molecule has 8 nitrogen and oxygen atoms in total. The van der Waals surface area contributed by atoms with Crippen LogP contribution in [-0.4, -0.2) is 39.2 Å². The molecule has 1 heterocycles. The Labute approximate surface area is 169 Å². The van der Waals surface area contributed by atoms with Crippen LogP contribution >= 0.6 is 0 Å². The molecule has 0 saturated carbocycles. The van der Waals surface area contributed by atoms with Gasteiger partial charge in [0.2, 0.25) is 11.8 Å². The van der Waals surface area contributed by atoms with Crippen LogP contribution in [-0.2, 0) is 19.6 Å². The lowest BCUT2D eigenvalue weighted by atomic mass is 10.1. The highest BCUT2D eigenvalue weighted by Crippen LogP contribution is 2.22. The van der Waals surface area contributed by atoms with Crippen LogP contribution in [0.1, 0.15) is 23.1 Å². The first kappa shape index (κ1) is 20.5. The Balaban J connectivity index is 1.50. The van der Waals surface area contributed by atoms with Crippen molar-refractivity contribution in [3.8, 4) is 0 Å². The Morgan fingerprint density at radius 2 is 1.69 bits per heavy atom. The van der Waals surface area contributed by atoms with Crippen molar-refractivity contribution in [1.29, 1.82) is 0 Å². The number of para-hydroxylation sites is 1. The number of fused-ring (bicyclic) bond motifs is 1. The number of nitrogens with one attached hydrogen (secondary N) is 3. The number of carbonyl (C=O) groups excluding carboxylic acids is 2. The van der Waals surface area contributed by atoms with Crippen LogP contribution in [0, 0.1) is 13.8 Å². The monoisotopic (exact) mass is 414 g/mol. The van der Waals surface area contributed by atoms with E-state index in [9.17, 15) is 18.0 Å². The third-order valence-corrected chi connectivity index (χ3v) is 5.86. The molecule has 9 heteroatoms. The highest BCUT2D eigenvalue weighted by Gasteiger charge is 2.29. The Hall–Kier alpha value is -3.20. The summed E-state index contributed by atoms with van der Waals surface area (Å²) in [5.41, 5.74) is 3.12. The number of amidine groups is 1. The number of benzene rings is 2. The predicted octanol–water partition coefficient (Wildman–Crippen LogP) is 1.49. The summed E-state index contributed by atoms with van der Waals surface area (Å²) >= 11 is 0. The van der Waals surface area contributed by atoms with Gasteiger partial charge in [-0.25, -0.2) is 8.42 Å². The van der Waals surface area contributed by atoms with Crippen molar-refractivity contribution in [3.05, 3.63) is 59.2 Å². The van der Waals surface area contributed by atoms with Gasteiger partial charge in [0.15, 0.2) is 0 Å². The van der Waals surface area contributed by atoms with Crippen LogP contribution in [0.3, 0.4) is 0 Å². The Morgan fingerprint density at radius 1 is 1.00 bits per heavy atom. The van der Waals surface area contributed by atoms with Gasteiger partial charge in [0.1, 0.15) is 5.84 Å². The standard InChI is InChI=1S/C20H22N4O4S/c1-13-6-5-7-14(2)19(13)23-18(26)12-22-17(25)10-11-21-20-15-8-3-4-9-16(15)29(27,28)24-20/h3-9H,10-12H2,1-2H3,(H,21,24)(H,22,25)(H,23,26). The molecule has 1 aliphatic heterocycles. The maximum absolute atomic E-state index is 12.1. The molecule has 0 aliphatic carbocycles. The van der Waals surface area contributed by atoms with Crippen LogP contribution in [0.25, 0.3) is 0 Å². The van der Waals surface area contributed by atoms with E-state index in [1.165, 1.54) is 6.07 Å². The zero-order valence-electron chi connectivity index (χ0n) is 16.2. The SMILES string of the molecule is Cc1cccc(C)c1NC(=O)CNC(=O)CCN=C1NS(=O)(=O)c2ccccc21. The van der Waals surface area contributed by atoms with Crippen LogP contribution in [0.5, 0.6) is 0 Å². The van der Waals surface area contributed by atoms with E-state index in [4.69, 9.17) is 0 Å². The molecule has 0 atom stereocenters. The molecule has 2 amide bonds. The summed E-state index contributed by atoms with van der Waals surface area (Å²) in [6.07, 6.45) is 0.0318. The van der Waals surface area contributed by atoms with Gasteiger partial charge in [0.25, 0.3) is 10.0 Å². The van der Waals surface area contributed by atoms with E-state index in [2.05, 4.69) is 20.3 Å². The van der Waals surface area contributed by atoms with Crippen molar-refractivity contribution >= 4 is 33.4 Å². The largest absolute Gasteiger partial charge is 0.347 e. The first-order valence-electron chi connectivity index (χ1n) is 9.07. The number of hydrogen-bond donors (Lipinski definition) is 3. The molecule has 2 aromatic carbocycles. The number of rotatable bonds is 6. The number of carbonyl (C=O) groups is 2. The highest BCUT2D eigenvalue weighted by atomic mass is 32.2. The minimum absolute atomic E-state index is 0.0318. The van der Waals surface area contributed by atoms with Crippen molar-refractivity contribution in [2.45, 2.75) is 25.2 Å². The van der Waals surface area contributed by atoms with Crippen LogP contribution < -0.4 is 15.4 Å². The zero-order chi connectivity index (χ0) is 21.0. The van der Waals surface area contributed by atoms with E-state index in [-0.39, 0.29) is 42.1 Å². The molecule has 1 aliphatic rings. The maximum Gasteiger partial charge on any atom is 0.263 e. The Bertz CT molecular complexity index is 1070. The van der Waals surface area contributed by atoms with Gasteiger partial charge < -0.3 is 10.6 Å². The van der Waals surface area contributed by atoms with E-state index in [1.54, 1.807) is 18.2 Å². The van der Waals surface area contributed by atoms with E-state index >= 15 is 0 Å². The molecular formula is C20H22N4O4S. The molecular weight excluding hydrogens is 392 g/mol. The molecule has 0 fully saturated rings. The second kappa shape index (κ2) is 8.44. The molecule has 3 rings (SSSR count). The van der Waals surface area contributed by atoms with Gasteiger partial charge in [-0.1, -0.05) is 30.3 Å². The fraction of sp³-hybridized carbons (Fsp3) is 0.250. The molecule has 0 aromatic heterocycles. The average molecular weight is 414 g/mol. The number of aliphatic imine (C=N–C) groups is 1. The van der Waals surface area contributed by atoms with Crippen LogP contribution in [0.2, 0.25) is 0 Å². The lowest BCUT2D eigenvalue weighted by molar-refractivity contribution is -0.124. The van der Waals surface area contributed by atoms with E-state index in [0.29, 0.717) is 5.56 Å². The number of sulfonamides is 1. The molecule has 0 bridgehead atoms. The van der Waals surface area contributed by atoms with Crippen molar-refractivity contribution in [2.24, 2.45) is 4.99 Å². The van der Waals surface area contributed by atoms with Gasteiger partial charge >= 0.3 is 0 Å². The first-order chi connectivity index (χ1) is 13.8. The maximum atomic E-state index is 12.1. The molecule has 0 radical (unpaired) electrons. The van der Waals surface area contributed by atoms with Gasteiger partial charge in [0.05, 0.1) is 18.0 Å². The van der Waals surface area contributed by atoms with Crippen molar-refractivity contribution in [1.82, 2.24) is 10.0 Å². The topological polar surface area (TPSA) is 117 Å². The molecule has 3 N–H and O–H groups in total. The summed E-state index contributed by atoms with van der Waals surface area (Å²) in [6, 6.07) is 12.2. The second-order valence-corrected chi connectivity index (χ2v) is 8.32. The summed E-state index contributed by atoms with van der Waals surface area (Å²) < 4.78 is 26.4. The summed E-state index contributed by atoms with van der Waals surface area (Å²) in [6.45, 7) is 3.74. The number of amides is 2. The second-order valence-electron chi connectivity index (χ2n) is 6.67. The molecule has 0 unspecified atom stereocenters. The molecule has 29 heavy (non-hydrogen) atoms. The summed E-state index contributed by atoms with van der Waals surface area (Å²) in [4.78, 5) is 28.4. The lowest BCUT2D eigenvalue weighted by Crippen LogP contribution is -2.33. The summed E-state index contributed by atoms with van der Waals surface area (Å²) in [5.74, 6) is -0.444. The smallest absolute Gasteiger partial charge is 0.263 e. The van der Waals surface area contributed by atoms with Gasteiger partial charge in [-0.05, 0) is 37.1 Å². The number of nitrogens with zero attached hydrogens (tertiary/aromatic N) is 1. The predicted molar refractivity (Wildman–Crippen MR) is 110 cm³/mol. The third kappa shape index (κ3) is 4.80. The molecule has 2 aromatic rings. The van der Waals surface area contributed by atoms with Crippen molar-refractivity contribution < 1.29 is 18.0 Å². The van der Waals surface area contributed by atoms with Crippen LogP contribution in [0.15, 0.2) is 52.4 Å². The summed E-state index contributed by atoms with van der Waals surface area (Å²) in [5, 5.41) is 5.34. The minimum atomic E-state index is -3.60. The third-order valence-electron chi connectivity index (χ3n) is 4.46. The fourth-order valence-electron chi connectivity index (χ4n) is 2.98. The first-order valence-corrected chi connectivity index (χ1v) is 10.6. The van der Waals surface area contributed by atoms with Gasteiger partial charge in [-0.3, -0.25) is 19.3 Å². The van der Waals surface area contributed by atoms with Crippen molar-refractivity contribution in [2.75, 3.05) is 18.4 Å². The zero-order valence-corrected chi connectivity index (χ0v) is 17.0. The van der Waals surface area contributed by atoms with Crippen molar-refractivity contribution in [3.63, 3.8) is 0 Å². The number of anilines is 1. The van der Waals surface area contributed by atoms with Crippen LogP contribution in [0.4, 0.5) is 5.69 Å². The number of hydrogen-bond acceptors (Lipinski definition) is 5. The Kier molecular flexibility index (Phi) is 5.97. The van der Waals surface area contributed by atoms with Gasteiger partial charge in [-0.2, -0.15) is 0 Å². The fourth-order valence-corrected chi connectivity index (χ4v) is 4.23.